The second kappa shape index (κ2) is 7.19. The average molecular weight is 394 g/mol. The number of hydrogen-bond donors (Lipinski definition) is 2. The van der Waals surface area contributed by atoms with E-state index in [2.05, 4.69) is 10.6 Å². The van der Waals surface area contributed by atoms with E-state index in [1.165, 1.54) is 6.92 Å². The molecule has 3 rings (SSSR count). The summed E-state index contributed by atoms with van der Waals surface area (Å²) in [6.45, 7) is 2.51. The Balaban J connectivity index is 1.55. The van der Waals surface area contributed by atoms with E-state index in [4.69, 9.17) is 16.3 Å². The van der Waals surface area contributed by atoms with Crippen LogP contribution in [-0.2, 0) is 19.1 Å². The van der Waals surface area contributed by atoms with Gasteiger partial charge in [0.1, 0.15) is 12.1 Å². The Bertz CT molecular complexity index is 810. The van der Waals surface area contributed by atoms with E-state index in [0.717, 1.165) is 17.7 Å². The maximum atomic E-state index is 12.5. The van der Waals surface area contributed by atoms with Crippen molar-refractivity contribution in [1.82, 2.24) is 10.2 Å². The van der Waals surface area contributed by atoms with Crippen LogP contribution in [0.25, 0.3) is 0 Å². The SMILES string of the molecule is C[C@@H](OC(=O)CN1C(=O)N[C@](C)(C2CC2)C1=O)C(=O)Nc1ccccc1Cl. The highest BCUT2D eigenvalue weighted by Crippen LogP contribution is 2.42. The lowest BCUT2D eigenvalue weighted by molar-refractivity contribution is -0.155. The Hall–Kier alpha value is -2.61. The van der Waals surface area contributed by atoms with Gasteiger partial charge in [0.2, 0.25) is 0 Å². The molecule has 1 saturated carbocycles. The number of ether oxygens (including phenoxy) is 1. The molecule has 1 aliphatic carbocycles. The fourth-order valence-electron chi connectivity index (χ4n) is 3.01. The first-order valence-corrected chi connectivity index (χ1v) is 8.99. The van der Waals surface area contributed by atoms with Crippen molar-refractivity contribution in [1.29, 1.82) is 0 Å². The monoisotopic (exact) mass is 393 g/mol. The second-order valence-electron chi connectivity index (χ2n) is 6.90. The van der Waals surface area contributed by atoms with Crippen molar-refractivity contribution >= 4 is 41.1 Å². The number of urea groups is 1. The van der Waals surface area contributed by atoms with Gasteiger partial charge in [0.25, 0.3) is 11.8 Å². The average Bonchev–Trinajstić information content (AvgIpc) is 3.43. The van der Waals surface area contributed by atoms with Gasteiger partial charge in [-0.05, 0) is 44.7 Å². The molecule has 1 heterocycles. The van der Waals surface area contributed by atoms with Crippen LogP contribution in [0.2, 0.25) is 5.02 Å². The number of carbonyl (C=O) groups is 4. The Morgan fingerprint density at radius 2 is 2.04 bits per heavy atom. The summed E-state index contributed by atoms with van der Waals surface area (Å²) in [7, 11) is 0. The van der Waals surface area contributed by atoms with Gasteiger partial charge in [-0.15, -0.1) is 0 Å². The number of para-hydroxylation sites is 1. The molecule has 0 radical (unpaired) electrons. The molecule has 2 atom stereocenters. The summed E-state index contributed by atoms with van der Waals surface area (Å²) in [6.07, 6.45) is 0.601. The van der Waals surface area contributed by atoms with Crippen LogP contribution in [0.4, 0.5) is 10.5 Å². The summed E-state index contributed by atoms with van der Waals surface area (Å²) >= 11 is 5.97. The van der Waals surface area contributed by atoms with Gasteiger partial charge in [-0.2, -0.15) is 0 Å². The van der Waals surface area contributed by atoms with E-state index in [9.17, 15) is 19.2 Å². The third-order valence-corrected chi connectivity index (χ3v) is 5.12. The van der Waals surface area contributed by atoms with Gasteiger partial charge in [0.15, 0.2) is 6.10 Å². The summed E-state index contributed by atoms with van der Waals surface area (Å²) < 4.78 is 5.06. The quantitative estimate of drug-likeness (QED) is 0.567. The first-order chi connectivity index (χ1) is 12.7. The molecule has 0 bridgehead atoms. The van der Waals surface area contributed by atoms with E-state index in [1.807, 2.05) is 0 Å². The maximum Gasteiger partial charge on any atom is 0.327 e. The molecule has 2 N–H and O–H groups in total. The molecule has 1 aromatic carbocycles. The van der Waals surface area contributed by atoms with Crippen molar-refractivity contribution in [3.63, 3.8) is 0 Å². The van der Waals surface area contributed by atoms with Crippen LogP contribution in [0.5, 0.6) is 0 Å². The molecule has 1 aliphatic heterocycles. The van der Waals surface area contributed by atoms with Crippen LogP contribution >= 0.6 is 11.6 Å². The van der Waals surface area contributed by atoms with Crippen molar-refractivity contribution in [3.05, 3.63) is 29.3 Å². The number of halogens is 1. The lowest BCUT2D eigenvalue weighted by Gasteiger charge is -2.21. The topological polar surface area (TPSA) is 105 Å². The van der Waals surface area contributed by atoms with Crippen molar-refractivity contribution in [2.75, 3.05) is 11.9 Å². The smallest absolute Gasteiger partial charge is 0.327 e. The van der Waals surface area contributed by atoms with Crippen LogP contribution in [-0.4, -0.2) is 46.9 Å². The normalized spacial score (nSPS) is 23.0. The van der Waals surface area contributed by atoms with Gasteiger partial charge in [-0.25, -0.2) is 4.79 Å². The van der Waals surface area contributed by atoms with Crippen molar-refractivity contribution in [2.45, 2.75) is 38.3 Å². The Morgan fingerprint density at radius 1 is 1.37 bits per heavy atom. The van der Waals surface area contributed by atoms with Crippen molar-refractivity contribution in [3.8, 4) is 0 Å². The zero-order valence-electron chi connectivity index (χ0n) is 15.0. The van der Waals surface area contributed by atoms with Gasteiger partial charge in [-0.1, -0.05) is 23.7 Å². The van der Waals surface area contributed by atoms with Gasteiger partial charge >= 0.3 is 12.0 Å². The second-order valence-corrected chi connectivity index (χ2v) is 7.31. The number of imide groups is 1. The van der Waals surface area contributed by atoms with Crippen molar-refractivity contribution in [2.24, 2.45) is 5.92 Å². The molecule has 144 valence electrons. The maximum absolute atomic E-state index is 12.5. The summed E-state index contributed by atoms with van der Waals surface area (Å²) in [5.41, 5.74) is -0.578. The van der Waals surface area contributed by atoms with Crippen LogP contribution in [0.3, 0.4) is 0 Å². The summed E-state index contributed by atoms with van der Waals surface area (Å²) in [5, 5.41) is 5.55. The van der Waals surface area contributed by atoms with Crippen LogP contribution in [0.15, 0.2) is 24.3 Å². The minimum atomic E-state index is -1.12. The standard InChI is InChI=1S/C18H20ClN3O5/c1-10(15(24)20-13-6-4-3-5-12(13)19)27-14(23)9-22-16(25)18(2,11-7-8-11)21-17(22)26/h3-6,10-11H,7-9H2,1-2H3,(H,20,24)(H,21,26)/t10-,18-/m1/s1. The minimum absolute atomic E-state index is 0.0929. The molecule has 8 nitrogen and oxygen atoms in total. The molecular weight excluding hydrogens is 374 g/mol. The highest BCUT2D eigenvalue weighted by atomic mass is 35.5. The number of hydrogen-bond acceptors (Lipinski definition) is 5. The number of rotatable bonds is 6. The minimum Gasteiger partial charge on any atom is -0.451 e. The lowest BCUT2D eigenvalue weighted by Crippen LogP contribution is -2.46. The van der Waals surface area contributed by atoms with E-state index < -0.39 is 42.0 Å². The fraction of sp³-hybridized carbons (Fsp3) is 0.444. The predicted molar refractivity (Wildman–Crippen MR) is 97.0 cm³/mol. The molecule has 0 aromatic heterocycles. The number of nitrogens with zero attached hydrogens (tertiary/aromatic N) is 1. The molecule has 2 aliphatic rings. The van der Waals surface area contributed by atoms with Crippen LogP contribution in [0.1, 0.15) is 26.7 Å². The molecule has 0 spiro atoms. The summed E-state index contributed by atoms with van der Waals surface area (Å²) in [6, 6.07) is 6.02. The third-order valence-electron chi connectivity index (χ3n) is 4.79. The molecule has 1 saturated heterocycles. The highest BCUT2D eigenvalue weighted by Gasteiger charge is 2.56. The number of esters is 1. The van der Waals surface area contributed by atoms with Crippen LogP contribution in [0, 0.1) is 5.92 Å². The lowest BCUT2D eigenvalue weighted by atomic mass is 9.96. The molecular formula is C18H20ClN3O5. The van der Waals surface area contributed by atoms with Gasteiger partial charge in [0.05, 0.1) is 10.7 Å². The zero-order chi connectivity index (χ0) is 19.8. The number of benzene rings is 1. The van der Waals surface area contributed by atoms with Gasteiger partial charge < -0.3 is 15.4 Å². The van der Waals surface area contributed by atoms with Crippen molar-refractivity contribution < 1.29 is 23.9 Å². The van der Waals surface area contributed by atoms with E-state index >= 15 is 0 Å². The van der Waals surface area contributed by atoms with Gasteiger partial charge in [0, 0.05) is 0 Å². The van der Waals surface area contributed by atoms with E-state index in [0.29, 0.717) is 10.7 Å². The molecule has 2 fully saturated rings. The summed E-state index contributed by atoms with van der Waals surface area (Å²) in [4.78, 5) is 49.7. The number of nitrogens with one attached hydrogen (secondary N) is 2. The Morgan fingerprint density at radius 3 is 2.67 bits per heavy atom. The Kier molecular flexibility index (Phi) is 5.10. The first kappa shape index (κ1) is 19.2. The van der Waals surface area contributed by atoms with Gasteiger partial charge in [-0.3, -0.25) is 19.3 Å². The number of carbonyl (C=O) groups excluding carboxylic acids is 4. The zero-order valence-corrected chi connectivity index (χ0v) is 15.7. The summed E-state index contributed by atoms with van der Waals surface area (Å²) in [5.74, 6) is -1.77. The number of anilines is 1. The molecule has 1 aromatic rings. The predicted octanol–water partition coefficient (Wildman–Crippen LogP) is 1.93. The number of amides is 4. The largest absolute Gasteiger partial charge is 0.451 e. The first-order valence-electron chi connectivity index (χ1n) is 8.61. The molecule has 9 heteroatoms. The molecule has 0 unspecified atom stereocenters. The van der Waals surface area contributed by atoms with Crippen LogP contribution < -0.4 is 10.6 Å². The molecule has 4 amide bonds. The highest BCUT2D eigenvalue weighted by molar-refractivity contribution is 6.33. The van der Waals surface area contributed by atoms with E-state index in [-0.39, 0.29) is 5.92 Å². The van der Waals surface area contributed by atoms with E-state index in [1.54, 1.807) is 31.2 Å². The molecule has 27 heavy (non-hydrogen) atoms. The fourth-order valence-corrected chi connectivity index (χ4v) is 3.19. The Labute approximate surface area is 161 Å². The third kappa shape index (κ3) is 3.90.